The summed E-state index contributed by atoms with van der Waals surface area (Å²) in [4.78, 5) is 11.7. The molecule has 1 atom stereocenters. The molecule has 116 valence electrons. The van der Waals surface area contributed by atoms with Crippen LogP contribution >= 0.6 is 0 Å². The van der Waals surface area contributed by atoms with Crippen molar-refractivity contribution >= 4 is 17.8 Å². The molecule has 21 heavy (non-hydrogen) atoms. The predicted molar refractivity (Wildman–Crippen MR) is 86.7 cm³/mol. The highest BCUT2D eigenvalue weighted by Gasteiger charge is 2.17. The highest BCUT2D eigenvalue weighted by Crippen LogP contribution is 2.23. The van der Waals surface area contributed by atoms with Crippen molar-refractivity contribution in [2.24, 2.45) is 16.4 Å². The van der Waals surface area contributed by atoms with Gasteiger partial charge in [0.1, 0.15) is 5.75 Å². The number of carbonyl (C=O) groups excluding carboxylic acids is 1. The number of nitrogens with zero attached hydrogens (tertiary/aromatic N) is 1. The second kappa shape index (κ2) is 7.67. The number of methoxy groups -OCH3 is 1. The van der Waals surface area contributed by atoms with Crippen LogP contribution in [-0.2, 0) is 4.79 Å². The zero-order valence-corrected chi connectivity index (χ0v) is 13.4. The number of benzene rings is 1. The number of rotatable bonds is 6. The molecule has 2 N–H and O–H groups in total. The zero-order chi connectivity index (χ0) is 15.9. The maximum atomic E-state index is 11.7. The van der Waals surface area contributed by atoms with E-state index in [1.54, 1.807) is 13.3 Å². The second-order valence-electron chi connectivity index (χ2n) is 6.05. The van der Waals surface area contributed by atoms with Gasteiger partial charge in [-0.2, -0.15) is 5.10 Å². The Morgan fingerprint density at radius 3 is 2.48 bits per heavy atom. The van der Waals surface area contributed by atoms with Crippen molar-refractivity contribution < 1.29 is 9.53 Å². The summed E-state index contributed by atoms with van der Waals surface area (Å²) in [5.41, 5.74) is 3.52. The predicted octanol–water partition coefficient (Wildman–Crippen LogP) is 2.89. The molecule has 1 unspecified atom stereocenters. The van der Waals surface area contributed by atoms with Gasteiger partial charge < -0.3 is 10.1 Å². The first-order valence-corrected chi connectivity index (χ1v) is 7.03. The van der Waals surface area contributed by atoms with Gasteiger partial charge >= 0.3 is 0 Å². The molecule has 1 rings (SSSR count). The quantitative estimate of drug-likeness (QED) is 0.626. The third-order valence-electron chi connectivity index (χ3n) is 3.40. The molecule has 0 aliphatic carbocycles. The molecule has 0 radical (unpaired) electrons. The van der Waals surface area contributed by atoms with E-state index in [0.717, 1.165) is 11.4 Å². The molecular weight excluding hydrogens is 266 g/mol. The molecule has 1 aromatic carbocycles. The molecule has 5 nitrogen and oxygen atoms in total. The van der Waals surface area contributed by atoms with E-state index in [1.807, 2.05) is 24.3 Å². The lowest BCUT2D eigenvalue weighted by Crippen LogP contribution is -2.27. The summed E-state index contributed by atoms with van der Waals surface area (Å²) in [6.07, 6.45) is 1.77. The van der Waals surface area contributed by atoms with Gasteiger partial charge in [0.05, 0.1) is 13.7 Å². The highest BCUT2D eigenvalue weighted by atomic mass is 16.5. The number of hydrazone groups is 1. The van der Waals surface area contributed by atoms with Crippen LogP contribution in [0.4, 0.5) is 5.69 Å². The van der Waals surface area contributed by atoms with E-state index >= 15 is 0 Å². The maximum absolute atomic E-state index is 11.7. The number of hydrogen-bond acceptors (Lipinski definition) is 4. The minimum absolute atomic E-state index is 0.134. The van der Waals surface area contributed by atoms with E-state index < -0.39 is 0 Å². The first kappa shape index (κ1) is 17.0. The molecule has 0 bridgehead atoms. The number of amides is 1. The Labute approximate surface area is 126 Å². The molecule has 0 saturated heterocycles. The Morgan fingerprint density at radius 2 is 1.95 bits per heavy atom. The molecule has 0 aromatic heterocycles. The van der Waals surface area contributed by atoms with Crippen molar-refractivity contribution in [1.29, 1.82) is 0 Å². The molecule has 0 aliphatic rings. The minimum Gasteiger partial charge on any atom is -0.497 e. The summed E-state index contributed by atoms with van der Waals surface area (Å²) in [7, 11) is 1.62. The van der Waals surface area contributed by atoms with Crippen LogP contribution in [0, 0.1) is 11.3 Å². The summed E-state index contributed by atoms with van der Waals surface area (Å²) >= 11 is 0. The molecule has 0 saturated carbocycles. The van der Waals surface area contributed by atoms with Gasteiger partial charge in [-0.05, 0) is 35.6 Å². The van der Waals surface area contributed by atoms with Crippen LogP contribution < -0.4 is 15.5 Å². The standard InChI is InChI=1S/C16H25N3O2/c1-12(16(2,3)4)10-18-19-15(20)11-17-13-6-8-14(21-5)9-7-13/h6-10,12,17H,11H2,1-5H3,(H,19,20)/b18-10+. The largest absolute Gasteiger partial charge is 0.497 e. The summed E-state index contributed by atoms with van der Waals surface area (Å²) in [5.74, 6) is 0.890. The number of hydrogen-bond donors (Lipinski definition) is 2. The van der Waals surface area contributed by atoms with Gasteiger partial charge in [-0.25, -0.2) is 5.43 Å². The first-order valence-electron chi connectivity index (χ1n) is 7.03. The van der Waals surface area contributed by atoms with Gasteiger partial charge in [0.25, 0.3) is 5.91 Å². The van der Waals surface area contributed by atoms with Crippen LogP contribution in [0.15, 0.2) is 29.4 Å². The average molecular weight is 291 g/mol. The molecule has 0 heterocycles. The SMILES string of the molecule is COc1ccc(NCC(=O)N/N=C/C(C)C(C)(C)C)cc1. The summed E-state index contributed by atoms with van der Waals surface area (Å²) in [6.45, 7) is 8.66. The Kier molecular flexibility index (Phi) is 6.21. The van der Waals surface area contributed by atoms with Crippen molar-refractivity contribution in [1.82, 2.24) is 5.43 Å². The van der Waals surface area contributed by atoms with Gasteiger partial charge in [0.2, 0.25) is 0 Å². The topological polar surface area (TPSA) is 62.7 Å². The van der Waals surface area contributed by atoms with Crippen LogP contribution in [0.5, 0.6) is 5.75 Å². The lowest BCUT2D eigenvalue weighted by Gasteiger charge is -2.23. The van der Waals surface area contributed by atoms with Crippen molar-refractivity contribution in [3.05, 3.63) is 24.3 Å². The molecular formula is C16H25N3O2. The Morgan fingerprint density at radius 1 is 1.33 bits per heavy atom. The zero-order valence-electron chi connectivity index (χ0n) is 13.4. The highest BCUT2D eigenvalue weighted by molar-refractivity contribution is 5.81. The summed E-state index contributed by atoms with van der Waals surface area (Å²) < 4.78 is 5.07. The first-order chi connectivity index (χ1) is 9.82. The van der Waals surface area contributed by atoms with Gasteiger partial charge in [-0.3, -0.25) is 4.79 Å². The molecule has 1 amide bonds. The lowest BCUT2D eigenvalue weighted by atomic mass is 9.83. The van der Waals surface area contributed by atoms with Crippen LogP contribution in [0.3, 0.4) is 0 Å². The number of ether oxygens (including phenoxy) is 1. The lowest BCUT2D eigenvalue weighted by molar-refractivity contribution is -0.119. The Hall–Kier alpha value is -2.04. The van der Waals surface area contributed by atoms with E-state index in [0.29, 0.717) is 0 Å². The van der Waals surface area contributed by atoms with Crippen molar-refractivity contribution in [2.45, 2.75) is 27.7 Å². The molecule has 0 fully saturated rings. The fraction of sp³-hybridized carbons (Fsp3) is 0.500. The van der Waals surface area contributed by atoms with Crippen molar-refractivity contribution in [3.63, 3.8) is 0 Å². The van der Waals surface area contributed by atoms with Crippen molar-refractivity contribution in [2.75, 3.05) is 19.0 Å². The summed E-state index contributed by atoms with van der Waals surface area (Å²) in [6, 6.07) is 7.39. The van der Waals surface area contributed by atoms with E-state index in [1.165, 1.54) is 0 Å². The second-order valence-corrected chi connectivity index (χ2v) is 6.05. The van der Waals surface area contributed by atoms with E-state index in [-0.39, 0.29) is 23.8 Å². The van der Waals surface area contributed by atoms with E-state index in [2.05, 4.69) is 43.5 Å². The van der Waals surface area contributed by atoms with Crippen LogP contribution in [0.1, 0.15) is 27.7 Å². The van der Waals surface area contributed by atoms with Gasteiger partial charge in [0.15, 0.2) is 0 Å². The molecule has 0 aliphatic heterocycles. The Balaban J connectivity index is 2.35. The van der Waals surface area contributed by atoms with Gasteiger partial charge in [0, 0.05) is 11.9 Å². The van der Waals surface area contributed by atoms with Gasteiger partial charge in [-0.15, -0.1) is 0 Å². The summed E-state index contributed by atoms with van der Waals surface area (Å²) in [5, 5.41) is 7.02. The molecule has 1 aromatic rings. The number of nitrogens with one attached hydrogen (secondary N) is 2. The van der Waals surface area contributed by atoms with Crippen LogP contribution in [0.2, 0.25) is 0 Å². The number of anilines is 1. The third kappa shape index (κ3) is 6.29. The molecule has 0 spiro atoms. The number of carbonyl (C=O) groups is 1. The monoisotopic (exact) mass is 291 g/mol. The maximum Gasteiger partial charge on any atom is 0.259 e. The average Bonchev–Trinajstić information content (AvgIpc) is 2.44. The van der Waals surface area contributed by atoms with E-state index in [9.17, 15) is 4.79 Å². The molecule has 5 heteroatoms. The van der Waals surface area contributed by atoms with Crippen LogP contribution in [0.25, 0.3) is 0 Å². The van der Waals surface area contributed by atoms with Gasteiger partial charge in [-0.1, -0.05) is 27.7 Å². The van der Waals surface area contributed by atoms with E-state index in [4.69, 9.17) is 4.74 Å². The smallest absolute Gasteiger partial charge is 0.259 e. The minimum atomic E-state index is -0.178. The van der Waals surface area contributed by atoms with Crippen LogP contribution in [-0.4, -0.2) is 25.8 Å². The fourth-order valence-electron chi connectivity index (χ4n) is 1.38. The fourth-order valence-corrected chi connectivity index (χ4v) is 1.38. The normalized spacial score (nSPS) is 13.0. The Bertz CT molecular complexity index is 475. The van der Waals surface area contributed by atoms with Crippen molar-refractivity contribution in [3.8, 4) is 5.75 Å². The third-order valence-corrected chi connectivity index (χ3v) is 3.40.